The van der Waals surface area contributed by atoms with Gasteiger partial charge in [0.2, 0.25) is 0 Å². The van der Waals surface area contributed by atoms with E-state index in [-0.39, 0.29) is 26.1 Å². The van der Waals surface area contributed by atoms with Crippen molar-refractivity contribution in [1.82, 2.24) is 0 Å². The van der Waals surface area contributed by atoms with Gasteiger partial charge in [-0.2, -0.15) is 0 Å². The van der Waals surface area contributed by atoms with Crippen molar-refractivity contribution in [3.05, 3.63) is 97.2 Å². The Morgan fingerprint density at radius 2 is 1.02 bits per heavy atom. The number of ether oxygens (including phenoxy) is 2. The number of unbranched alkanes of at least 4 members (excludes halogenated alkanes) is 6. The van der Waals surface area contributed by atoms with Crippen LogP contribution in [0.4, 0.5) is 0 Å². The lowest BCUT2D eigenvalue weighted by Crippen LogP contribution is -2.37. The van der Waals surface area contributed by atoms with E-state index in [1.807, 2.05) is 27.2 Å². The molecule has 0 aromatic rings. The third-order valence-electron chi connectivity index (χ3n) is 8.10. The predicted octanol–water partition coefficient (Wildman–Crippen LogP) is 11.8. The molecule has 0 saturated carbocycles. The van der Waals surface area contributed by atoms with Crippen LogP contribution in [0.2, 0.25) is 0 Å². The standard InChI is InChI=1S/C46H76NO8P/c1-6-8-10-12-14-16-18-20-22-23-25-27-29-31-33-35-37-39-46(49)55-44(43-54-56(50,51)53-41-40-47(3,4)5)42-52-45(48)38-36-34-32-30-28-26-24-21-19-17-15-13-11-9-7-2/h9,11,14-17,20-22,24-25,27-28,30-31,33,44H,6-8,10,12-13,18-19,23,26,29,32,34-43H2,1-5H3/p+1/b11-9-,16-14-,17-15-,22-20-,24-21-,27-25-,30-28-,33-31-/t44-/m1/s1. The Morgan fingerprint density at radius 1 is 0.571 bits per heavy atom. The summed E-state index contributed by atoms with van der Waals surface area (Å²) in [5.41, 5.74) is 0. The molecule has 0 spiro atoms. The van der Waals surface area contributed by atoms with Crippen LogP contribution in [-0.4, -0.2) is 74.9 Å². The largest absolute Gasteiger partial charge is 0.472 e. The van der Waals surface area contributed by atoms with Crippen LogP contribution in [-0.2, 0) is 32.7 Å². The average Bonchev–Trinajstić information content (AvgIpc) is 3.15. The number of phosphoric ester groups is 1. The van der Waals surface area contributed by atoms with Crippen LogP contribution in [0.15, 0.2) is 97.2 Å². The van der Waals surface area contributed by atoms with E-state index in [1.165, 1.54) is 25.7 Å². The second-order valence-corrected chi connectivity index (χ2v) is 16.1. The molecule has 0 aliphatic rings. The molecule has 0 fully saturated rings. The first-order valence-electron chi connectivity index (χ1n) is 21.0. The number of quaternary nitrogens is 1. The second kappa shape index (κ2) is 37.5. The molecule has 0 aliphatic carbocycles. The number of carbonyl (C=O) groups excluding carboxylic acids is 2. The van der Waals surface area contributed by atoms with Crippen LogP contribution >= 0.6 is 7.82 Å². The number of allylic oxidation sites excluding steroid dienone is 16. The van der Waals surface area contributed by atoms with Crippen molar-refractivity contribution in [2.75, 3.05) is 47.5 Å². The van der Waals surface area contributed by atoms with Gasteiger partial charge in [-0.25, -0.2) is 4.57 Å². The summed E-state index contributed by atoms with van der Waals surface area (Å²) in [5, 5.41) is 0. The maximum atomic E-state index is 12.6. The molecule has 0 aliphatic heterocycles. The lowest BCUT2D eigenvalue weighted by atomic mass is 10.2. The number of hydrogen-bond donors (Lipinski definition) is 1. The van der Waals surface area contributed by atoms with E-state index in [0.29, 0.717) is 30.3 Å². The molecule has 2 atom stereocenters. The van der Waals surface area contributed by atoms with Crippen LogP contribution in [0, 0.1) is 0 Å². The van der Waals surface area contributed by atoms with E-state index in [9.17, 15) is 19.0 Å². The Hall–Kier alpha value is -3.07. The molecule has 0 amide bonds. The summed E-state index contributed by atoms with van der Waals surface area (Å²) >= 11 is 0. The monoisotopic (exact) mass is 803 g/mol. The third kappa shape index (κ3) is 40.6. The van der Waals surface area contributed by atoms with Crippen LogP contribution in [0.5, 0.6) is 0 Å². The Kier molecular flexibility index (Phi) is 35.4. The zero-order valence-electron chi connectivity index (χ0n) is 35.6. The van der Waals surface area contributed by atoms with Gasteiger partial charge in [-0.15, -0.1) is 0 Å². The minimum absolute atomic E-state index is 0.00904. The van der Waals surface area contributed by atoms with Crippen molar-refractivity contribution in [3.8, 4) is 0 Å². The zero-order valence-corrected chi connectivity index (χ0v) is 36.5. The minimum Gasteiger partial charge on any atom is -0.462 e. The molecule has 0 radical (unpaired) electrons. The predicted molar refractivity (Wildman–Crippen MR) is 233 cm³/mol. The van der Waals surface area contributed by atoms with Crippen molar-refractivity contribution in [2.24, 2.45) is 0 Å². The highest BCUT2D eigenvalue weighted by atomic mass is 31.2. The van der Waals surface area contributed by atoms with Crippen LogP contribution < -0.4 is 0 Å². The van der Waals surface area contributed by atoms with E-state index >= 15 is 0 Å². The summed E-state index contributed by atoms with van der Waals surface area (Å²) in [6, 6.07) is 0. The molecule has 0 aromatic carbocycles. The summed E-state index contributed by atoms with van der Waals surface area (Å²) in [5.74, 6) is -0.926. The van der Waals surface area contributed by atoms with Crippen LogP contribution in [0.25, 0.3) is 0 Å². The van der Waals surface area contributed by atoms with Crippen molar-refractivity contribution < 1.29 is 42.1 Å². The Bertz CT molecular complexity index is 1270. The van der Waals surface area contributed by atoms with Crippen molar-refractivity contribution in [3.63, 3.8) is 0 Å². The van der Waals surface area contributed by atoms with Gasteiger partial charge in [0, 0.05) is 12.8 Å². The van der Waals surface area contributed by atoms with Gasteiger partial charge in [0.25, 0.3) is 0 Å². The molecule has 0 rings (SSSR count). The first kappa shape index (κ1) is 52.9. The van der Waals surface area contributed by atoms with Gasteiger partial charge < -0.3 is 18.9 Å². The molecule has 0 bridgehead atoms. The number of carbonyl (C=O) groups is 2. The summed E-state index contributed by atoms with van der Waals surface area (Å²) in [7, 11) is 1.40. The SMILES string of the molecule is CC/C=C\C/C=C\C/C=C\C/C=C\CCCCC(=O)OC[C@H](COP(=O)(O)OCC[N+](C)(C)C)OC(=O)CCC/C=C\C/C=C\C/C=C\C/C=C\CCCCC. The van der Waals surface area contributed by atoms with Crippen molar-refractivity contribution in [2.45, 2.75) is 136 Å². The van der Waals surface area contributed by atoms with Crippen molar-refractivity contribution in [1.29, 1.82) is 0 Å². The molecule has 9 nitrogen and oxygen atoms in total. The Balaban J connectivity index is 4.59. The summed E-state index contributed by atoms with van der Waals surface area (Å²) in [4.78, 5) is 35.3. The molecule has 1 unspecified atom stereocenters. The minimum atomic E-state index is -4.40. The molecule has 0 heterocycles. The highest BCUT2D eigenvalue weighted by Crippen LogP contribution is 2.43. The topological polar surface area (TPSA) is 108 Å². The van der Waals surface area contributed by atoms with Gasteiger partial charge in [0.1, 0.15) is 19.8 Å². The van der Waals surface area contributed by atoms with Gasteiger partial charge in [0.05, 0.1) is 27.7 Å². The number of likely N-dealkylation sites (N-methyl/N-ethyl adjacent to an activating group) is 1. The van der Waals surface area contributed by atoms with E-state index in [2.05, 4.69) is 105 Å². The molecule has 1 N–H and O–H groups in total. The highest BCUT2D eigenvalue weighted by molar-refractivity contribution is 7.47. The highest BCUT2D eigenvalue weighted by Gasteiger charge is 2.27. The van der Waals surface area contributed by atoms with Gasteiger partial charge in [-0.1, -0.05) is 124 Å². The molecule has 0 saturated heterocycles. The molecule has 318 valence electrons. The van der Waals surface area contributed by atoms with Gasteiger partial charge in [-0.05, 0) is 89.9 Å². The van der Waals surface area contributed by atoms with Gasteiger partial charge in [-0.3, -0.25) is 18.6 Å². The molecule has 0 aromatic heterocycles. The second-order valence-electron chi connectivity index (χ2n) is 14.6. The quantitative estimate of drug-likeness (QED) is 0.0219. The third-order valence-corrected chi connectivity index (χ3v) is 9.08. The summed E-state index contributed by atoms with van der Waals surface area (Å²) < 4.78 is 34.1. The Morgan fingerprint density at radius 3 is 1.50 bits per heavy atom. The van der Waals surface area contributed by atoms with Crippen molar-refractivity contribution >= 4 is 19.8 Å². The van der Waals surface area contributed by atoms with Gasteiger partial charge in [0.15, 0.2) is 6.10 Å². The van der Waals surface area contributed by atoms with Gasteiger partial charge >= 0.3 is 19.8 Å². The molecular formula is C46H77NO8P+. The maximum absolute atomic E-state index is 12.6. The summed E-state index contributed by atoms with van der Waals surface area (Å²) in [6.07, 6.45) is 49.0. The number of phosphoric acid groups is 1. The number of rotatable bonds is 36. The molecular weight excluding hydrogens is 725 g/mol. The number of nitrogens with zero attached hydrogens (tertiary/aromatic N) is 1. The molecule has 56 heavy (non-hydrogen) atoms. The van der Waals surface area contributed by atoms with E-state index in [1.54, 1.807) is 0 Å². The fourth-order valence-electron chi connectivity index (χ4n) is 4.82. The van der Waals surface area contributed by atoms with Crippen LogP contribution in [0.1, 0.15) is 129 Å². The van der Waals surface area contributed by atoms with E-state index in [4.69, 9.17) is 18.5 Å². The van der Waals surface area contributed by atoms with Crippen LogP contribution in [0.3, 0.4) is 0 Å². The smallest absolute Gasteiger partial charge is 0.462 e. The average molecular weight is 803 g/mol. The first-order chi connectivity index (χ1) is 27.0. The summed E-state index contributed by atoms with van der Waals surface area (Å²) in [6.45, 7) is 4.13. The molecule has 10 heteroatoms. The zero-order chi connectivity index (χ0) is 41.4. The lowest BCUT2D eigenvalue weighted by molar-refractivity contribution is -0.870. The number of esters is 2. The fourth-order valence-corrected chi connectivity index (χ4v) is 5.56. The first-order valence-corrected chi connectivity index (χ1v) is 22.5. The lowest BCUT2D eigenvalue weighted by Gasteiger charge is -2.24. The van der Waals surface area contributed by atoms with E-state index in [0.717, 1.165) is 57.8 Å². The van der Waals surface area contributed by atoms with E-state index < -0.39 is 32.5 Å². The maximum Gasteiger partial charge on any atom is 0.472 e. The normalized spacial score (nSPS) is 14.6. The fraction of sp³-hybridized carbons (Fsp3) is 0.609. The Labute approximate surface area is 341 Å². The number of hydrogen-bond acceptors (Lipinski definition) is 7.